The van der Waals surface area contributed by atoms with Crippen molar-refractivity contribution < 1.29 is 17.9 Å². The van der Waals surface area contributed by atoms with E-state index in [1.807, 2.05) is 50.2 Å². The molecule has 8 nitrogen and oxygen atoms in total. The molecule has 1 fully saturated rings. The third kappa shape index (κ3) is 8.20. The van der Waals surface area contributed by atoms with Gasteiger partial charge in [0.25, 0.3) is 0 Å². The predicted molar refractivity (Wildman–Crippen MR) is 167 cm³/mol. The average molecular weight is 591 g/mol. The number of hydrogen-bond donors (Lipinski definition) is 3. The minimum atomic E-state index is -3.82. The minimum Gasteiger partial charge on any atom is -0.491 e. The molecule has 9 heteroatoms. The molecule has 4 rings (SSSR count). The lowest BCUT2D eigenvalue weighted by Gasteiger charge is -2.34. The van der Waals surface area contributed by atoms with E-state index in [0.717, 1.165) is 41.7 Å². The number of nitrogen functional groups attached to an aromatic ring is 1. The van der Waals surface area contributed by atoms with Gasteiger partial charge in [-0.15, -0.1) is 0 Å². The van der Waals surface area contributed by atoms with Crippen LogP contribution >= 0.6 is 0 Å². The molecule has 0 saturated carbocycles. The number of nitrogens with one attached hydrogen (secondary N) is 1. The van der Waals surface area contributed by atoms with Gasteiger partial charge in [-0.05, 0) is 99.0 Å². The van der Waals surface area contributed by atoms with Crippen molar-refractivity contribution in [2.45, 2.75) is 50.5 Å². The van der Waals surface area contributed by atoms with Crippen LogP contribution in [0.4, 0.5) is 0 Å². The van der Waals surface area contributed by atoms with Crippen LogP contribution in [-0.4, -0.2) is 56.6 Å². The summed E-state index contributed by atoms with van der Waals surface area (Å²) in [5.41, 5.74) is 14.4. The van der Waals surface area contributed by atoms with E-state index in [-0.39, 0.29) is 34.9 Å². The third-order valence-electron chi connectivity index (χ3n) is 7.74. The van der Waals surface area contributed by atoms with Crippen LogP contribution in [0.15, 0.2) is 77.7 Å². The van der Waals surface area contributed by atoms with Gasteiger partial charge in [-0.2, -0.15) is 0 Å². The first kappa shape index (κ1) is 31.3. The lowest BCUT2D eigenvalue weighted by molar-refractivity contribution is -0.136. The second kappa shape index (κ2) is 14.0. The topological polar surface area (TPSA) is 140 Å². The third-order valence-corrected chi connectivity index (χ3v) is 9.56. The number of carbonyl (C=O) groups is 1. The second-order valence-electron chi connectivity index (χ2n) is 11.4. The number of piperidine rings is 1. The summed E-state index contributed by atoms with van der Waals surface area (Å²) in [6.45, 7) is 5.74. The number of likely N-dealkylation sites (tertiary alicyclic amines) is 1. The van der Waals surface area contributed by atoms with Gasteiger partial charge in [0.05, 0.1) is 22.7 Å². The van der Waals surface area contributed by atoms with E-state index >= 15 is 0 Å². The molecule has 0 bridgehead atoms. The fourth-order valence-corrected chi connectivity index (χ4v) is 7.11. The number of hydrogen-bond acceptors (Lipinski definition) is 6. The van der Waals surface area contributed by atoms with Gasteiger partial charge in [0.2, 0.25) is 5.91 Å². The van der Waals surface area contributed by atoms with E-state index in [0.29, 0.717) is 31.1 Å². The number of ether oxygens (including phenoxy) is 1. The highest BCUT2D eigenvalue weighted by atomic mass is 32.2. The minimum absolute atomic E-state index is 0.0576. The Bertz CT molecular complexity index is 1480. The van der Waals surface area contributed by atoms with E-state index in [4.69, 9.17) is 21.6 Å². The number of nitrogens with two attached hydrogens (primary N) is 2. The Labute approximate surface area is 249 Å². The average Bonchev–Trinajstić information content (AvgIpc) is 2.97. The second-order valence-corrected chi connectivity index (χ2v) is 13.4. The molecule has 42 heavy (non-hydrogen) atoms. The molecule has 1 unspecified atom stereocenters. The molecule has 0 aliphatic carbocycles. The normalized spacial score (nSPS) is 15.0. The summed E-state index contributed by atoms with van der Waals surface area (Å²) in [7, 11) is -3.82. The van der Waals surface area contributed by atoms with Crippen molar-refractivity contribution in [2.24, 2.45) is 23.3 Å². The van der Waals surface area contributed by atoms with Gasteiger partial charge >= 0.3 is 0 Å². The Balaban J connectivity index is 1.59. The van der Waals surface area contributed by atoms with E-state index < -0.39 is 15.8 Å². The summed E-state index contributed by atoms with van der Waals surface area (Å²) in [5, 5.41) is 7.79. The first-order valence-corrected chi connectivity index (χ1v) is 16.2. The monoisotopic (exact) mass is 590 g/mol. The van der Waals surface area contributed by atoms with Crippen molar-refractivity contribution in [1.82, 2.24) is 4.90 Å². The highest BCUT2D eigenvalue weighted by Gasteiger charge is 2.32. The number of sulfone groups is 1. The number of rotatable bonds is 12. The molecular weight excluding hydrogens is 548 g/mol. The summed E-state index contributed by atoms with van der Waals surface area (Å²) < 4.78 is 33.4. The van der Waals surface area contributed by atoms with Gasteiger partial charge in [0.15, 0.2) is 9.84 Å². The molecule has 1 saturated heterocycles. The molecule has 224 valence electrons. The van der Waals surface area contributed by atoms with E-state index in [9.17, 15) is 13.2 Å². The first-order valence-electron chi connectivity index (χ1n) is 14.6. The Kier molecular flexibility index (Phi) is 10.4. The predicted octanol–water partition coefficient (Wildman–Crippen LogP) is 4.64. The molecule has 1 aliphatic heterocycles. The number of amidine groups is 1. The Morgan fingerprint density at radius 1 is 1.00 bits per heavy atom. The van der Waals surface area contributed by atoms with Gasteiger partial charge < -0.3 is 21.1 Å². The largest absolute Gasteiger partial charge is 0.491 e. The van der Waals surface area contributed by atoms with Crippen molar-refractivity contribution in [3.05, 3.63) is 83.9 Å². The Morgan fingerprint density at radius 3 is 2.33 bits per heavy atom. The number of nitrogens with zero attached hydrogens (tertiary/aromatic N) is 1. The molecule has 0 aromatic heterocycles. The van der Waals surface area contributed by atoms with Crippen LogP contribution in [-0.2, 0) is 21.1 Å². The van der Waals surface area contributed by atoms with Crippen LogP contribution < -0.4 is 16.2 Å². The zero-order valence-electron chi connectivity index (χ0n) is 24.5. The van der Waals surface area contributed by atoms with Crippen LogP contribution in [0.2, 0.25) is 0 Å². The van der Waals surface area contributed by atoms with Gasteiger partial charge in [0, 0.05) is 18.7 Å². The SMILES string of the molecule is CC(C)Oc1ccc(-c2cccc(S(=O)(=O)CC(Cc3cccc(C(=N)N)c3)C(=O)N3CCC(CCN)CC3)c2)cc1. The molecule has 3 aromatic carbocycles. The molecule has 5 N–H and O–H groups in total. The van der Waals surface area contributed by atoms with Crippen molar-refractivity contribution in [3.8, 4) is 16.9 Å². The standard InChI is InChI=1S/C33H42N4O4S/c1-23(2)41-30-11-9-26(10-12-30)27-6-4-8-31(21-27)42(39,40)22-29(20-25-5-3-7-28(19-25)32(35)36)33(38)37-17-14-24(13-16-34)15-18-37/h3-12,19,21,23-24,29H,13-18,20,22,34H2,1-2H3,(H3,35,36). The van der Waals surface area contributed by atoms with E-state index in [1.165, 1.54) is 0 Å². The highest BCUT2D eigenvalue weighted by Crippen LogP contribution is 2.28. The summed E-state index contributed by atoms with van der Waals surface area (Å²) in [6.07, 6.45) is 2.96. The lowest BCUT2D eigenvalue weighted by Crippen LogP contribution is -2.44. The van der Waals surface area contributed by atoms with Crippen LogP contribution in [0, 0.1) is 17.2 Å². The fourth-order valence-electron chi connectivity index (χ4n) is 5.53. The van der Waals surface area contributed by atoms with Crippen molar-refractivity contribution in [3.63, 3.8) is 0 Å². The Hall–Kier alpha value is -3.69. The van der Waals surface area contributed by atoms with Crippen molar-refractivity contribution in [1.29, 1.82) is 5.41 Å². The molecule has 0 spiro atoms. The zero-order valence-corrected chi connectivity index (χ0v) is 25.3. The molecular formula is C33H42N4O4S. The summed E-state index contributed by atoms with van der Waals surface area (Å²) in [5.74, 6) is -0.0880. The van der Waals surface area contributed by atoms with Crippen molar-refractivity contribution in [2.75, 3.05) is 25.4 Å². The number of carbonyl (C=O) groups excluding carboxylic acids is 1. The highest BCUT2D eigenvalue weighted by molar-refractivity contribution is 7.91. The quantitative estimate of drug-likeness (QED) is 0.207. The van der Waals surface area contributed by atoms with E-state index in [2.05, 4.69) is 0 Å². The van der Waals surface area contributed by atoms with Crippen LogP contribution in [0.5, 0.6) is 5.75 Å². The zero-order chi connectivity index (χ0) is 30.3. The lowest BCUT2D eigenvalue weighted by atomic mass is 9.92. The van der Waals surface area contributed by atoms with Gasteiger partial charge in [0.1, 0.15) is 11.6 Å². The maximum atomic E-state index is 13.8. The molecule has 1 atom stereocenters. The van der Waals surface area contributed by atoms with Gasteiger partial charge in [-0.1, -0.05) is 42.5 Å². The van der Waals surface area contributed by atoms with Crippen LogP contribution in [0.1, 0.15) is 44.2 Å². The van der Waals surface area contributed by atoms with Crippen LogP contribution in [0.25, 0.3) is 11.1 Å². The molecule has 0 radical (unpaired) electrons. The number of benzene rings is 3. The summed E-state index contributed by atoms with van der Waals surface area (Å²) in [4.78, 5) is 15.8. The number of amides is 1. The van der Waals surface area contributed by atoms with Crippen molar-refractivity contribution >= 4 is 21.6 Å². The van der Waals surface area contributed by atoms with Gasteiger partial charge in [-0.25, -0.2) is 8.42 Å². The van der Waals surface area contributed by atoms with Gasteiger partial charge in [-0.3, -0.25) is 10.2 Å². The molecule has 1 heterocycles. The smallest absolute Gasteiger partial charge is 0.227 e. The Morgan fingerprint density at radius 2 is 1.69 bits per heavy atom. The molecule has 1 amide bonds. The summed E-state index contributed by atoms with van der Waals surface area (Å²) in [6, 6.07) is 21.5. The molecule has 1 aliphatic rings. The van der Waals surface area contributed by atoms with Crippen LogP contribution in [0.3, 0.4) is 0 Å². The summed E-state index contributed by atoms with van der Waals surface area (Å²) >= 11 is 0. The fraction of sp³-hybridized carbons (Fsp3) is 0.394. The molecule has 3 aromatic rings. The van der Waals surface area contributed by atoms with E-state index in [1.54, 1.807) is 41.3 Å². The first-order chi connectivity index (χ1) is 20.1. The maximum absolute atomic E-state index is 13.8. The maximum Gasteiger partial charge on any atom is 0.227 e.